The minimum absolute atomic E-state index is 0.133. The molecule has 0 aliphatic carbocycles. The lowest BCUT2D eigenvalue weighted by Crippen LogP contribution is -2.21. The molecule has 0 aliphatic rings. The Morgan fingerprint density at radius 2 is 1.81 bits per heavy atom. The molecule has 5 nitrogen and oxygen atoms in total. The highest BCUT2D eigenvalue weighted by Crippen LogP contribution is 2.24. The van der Waals surface area contributed by atoms with Gasteiger partial charge in [0.25, 0.3) is 0 Å². The predicted molar refractivity (Wildman–Crippen MR) is 107 cm³/mol. The van der Waals surface area contributed by atoms with E-state index in [1.807, 2.05) is 34.8 Å². The Morgan fingerprint density at radius 3 is 2.48 bits per heavy atom. The lowest BCUT2D eigenvalue weighted by atomic mass is 10.1. The Balaban J connectivity index is 1.86. The molecule has 0 unspecified atom stereocenters. The fraction of sp³-hybridized carbons (Fsp3) is 0.273. The number of hydrogen-bond donors (Lipinski definition) is 1. The molecule has 1 N–H and O–H groups in total. The smallest absolute Gasteiger partial charge is 0.304 e. The van der Waals surface area contributed by atoms with Crippen molar-refractivity contribution in [3.05, 3.63) is 77.5 Å². The Bertz CT molecular complexity index is 886. The number of carboxylic acid groups (broad SMARTS) is 1. The van der Waals surface area contributed by atoms with Gasteiger partial charge < -0.3 is 10.0 Å². The molecule has 140 valence electrons. The van der Waals surface area contributed by atoms with Gasteiger partial charge in [0.1, 0.15) is 0 Å². The van der Waals surface area contributed by atoms with Crippen molar-refractivity contribution in [3.63, 3.8) is 0 Å². The van der Waals surface area contributed by atoms with Crippen molar-refractivity contribution >= 4 is 5.97 Å². The maximum atomic E-state index is 10.8. The average Bonchev–Trinajstić information content (AvgIpc) is 3.03. The first-order valence-electron chi connectivity index (χ1n) is 9.09. The SMILES string of the molecule is Cc1ccc(-c2nn(Cc3ccccc3)cc2CN(C)CCC(=O)O)cc1. The van der Waals surface area contributed by atoms with E-state index in [2.05, 4.69) is 49.5 Å². The first-order valence-corrected chi connectivity index (χ1v) is 9.09. The highest BCUT2D eigenvalue weighted by Gasteiger charge is 2.14. The number of nitrogens with zero attached hydrogens (tertiary/aromatic N) is 3. The monoisotopic (exact) mass is 363 g/mol. The number of aryl methyl sites for hydroxylation is 1. The van der Waals surface area contributed by atoms with Crippen molar-refractivity contribution in [2.24, 2.45) is 0 Å². The van der Waals surface area contributed by atoms with Crippen LogP contribution >= 0.6 is 0 Å². The summed E-state index contributed by atoms with van der Waals surface area (Å²) in [6, 6.07) is 18.6. The molecule has 3 aromatic rings. The van der Waals surface area contributed by atoms with E-state index in [-0.39, 0.29) is 6.42 Å². The molecule has 0 radical (unpaired) electrons. The van der Waals surface area contributed by atoms with Gasteiger partial charge in [-0.15, -0.1) is 0 Å². The third-order valence-electron chi connectivity index (χ3n) is 4.50. The second kappa shape index (κ2) is 8.64. The van der Waals surface area contributed by atoms with Crippen LogP contribution in [0.2, 0.25) is 0 Å². The highest BCUT2D eigenvalue weighted by atomic mass is 16.4. The molecule has 3 rings (SSSR count). The number of aromatic nitrogens is 2. The third kappa shape index (κ3) is 5.28. The van der Waals surface area contributed by atoms with E-state index in [1.165, 1.54) is 11.1 Å². The number of benzene rings is 2. The first-order chi connectivity index (χ1) is 13.0. The molecule has 2 aromatic carbocycles. The molecule has 0 saturated carbocycles. The first kappa shape index (κ1) is 18.9. The zero-order valence-electron chi connectivity index (χ0n) is 15.8. The molecule has 0 aliphatic heterocycles. The maximum Gasteiger partial charge on any atom is 0.304 e. The van der Waals surface area contributed by atoms with Gasteiger partial charge in [-0.2, -0.15) is 5.10 Å². The second-order valence-corrected chi connectivity index (χ2v) is 6.93. The summed E-state index contributed by atoms with van der Waals surface area (Å²) in [4.78, 5) is 12.9. The zero-order chi connectivity index (χ0) is 19.2. The molecule has 1 heterocycles. The fourth-order valence-electron chi connectivity index (χ4n) is 3.04. The summed E-state index contributed by atoms with van der Waals surface area (Å²) < 4.78 is 1.96. The molecule has 27 heavy (non-hydrogen) atoms. The van der Waals surface area contributed by atoms with Gasteiger partial charge in [0.05, 0.1) is 18.7 Å². The standard InChI is InChI=1S/C22H25N3O2/c1-17-8-10-19(11-9-17)22-20(15-24(2)13-12-21(26)27)16-25(23-22)14-18-6-4-3-5-7-18/h3-11,16H,12-15H2,1-2H3,(H,26,27). The van der Waals surface area contributed by atoms with E-state index in [1.54, 1.807) is 0 Å². The summed E-state index contributed by atoms with van der Waals surface area (Å²) in [6.45, 7) is 3.94. The van der Waals surface area contributed by atoms with E-state index in [9.17, 15) is 4.79 Å². The van der Waals surface area contributed by atoms with Gasteiger partial charge in [0, 0.05) is 30.4 Å². The van der Waals surface area contributed by atoms with E-state index < -0.39 is 5.97 Å². The predicted octanol–water partition coefficient (Wildman–Crippen LogP) is 3.81. The summed E-state index contributed by atoms with van der Waals surface area (Å²) >= 11 is 0. The van der Waals surface area contributed by atoms with Gasteiger partial charge in [-0.05, 0) is 19.5 Å². The molecule has 0 bridgehead atoms. The topological polar surface area (TPSA) is 58.4 Å². The lowest BCUT2D eigenvalue weighted by Gasteiger charge is -2.15. The van der Waals surface area contributed by atoms with Gasteiger partial charge in [-0.3, -0.25) is 9.48 Å². The molecule has 0 spiro atoms. The van der Waals surface area contributed by atoms with Crippen LogP contribution in [0.3, 0.4) is 0 Å². The summed E-state index contributed by atoms with van der Waals surface area (Å²) in [7, 11) is 1.94. The molecule has 0 saturated heterocycles. The van der Waals surface area contributed by atoms with Crippen LogP contribution in [-0.4, -0.2) is 39.3 Å². The molecule has 5 heteroatoms. The van der Waals surface area contributed by atoms with Crippen LogP contribution in [0.4, 0.5) is 0 Å². The Morgan fingerprint density at radius 1 is 1.11 bits per heavy atom. The van der Waals surface area contributed by atoms with Gasteiger partial charge in [0.2, 0.25) is 0 Å². The van der Waals surface area contributed by atoms with Crippen LogP contribution in [-0.2, 0) is 17.9 Å². The van der Waals surface area contributed by atoms with Gasteiger partial charge in [-0.1, -0.05) is 60.2 Å². The largest absolute Gasteiger partial charge is 0.481 e. The van der Waals surface area contributed by atoms with E-state index in [0.29, 0.717) is 19.6 Å². The Labute approximate surface area is 159 Å². The molecule has 0 atom stereocenters. The van der Waals surface area contributed by atoms with Gasteiger partial charge in [-0.25, -0.2) is 0 Å². The van der Waals surface area contributed by atoms with Crippen LogP contribution in [0.5, 0.6) is 0 Å². The average molecular weight is 363 g/mol. The second-order valence-electron chi connectivity index (χ2n) is 6.93. The summed E-state index contributed by atoms with van der Waals surface area (Å²) in [6.07, 6.45) is 2.20. The van der Waals surface area contributed by atoms with Gasteiger partial charge >= 0.3 is 5.97 Å². The van der Waals surface area contributed by atoms with Crippen molar-refractivity contribution in [2.45, 2.75) is 26.4 Å². The number of carboxylic acids is 1. The van der Waals surface area contributed by atoms with Gasteiger partial charge in [0.15, 0.2) is 0 Å². The van der Waals surface area contributed by atoms with Crippen molar-refractivity contribution in [1.29, 1.82) is 0 Å². The fourth-order valence-corrected chi connectivity index (χ4v) is 3.04. The lowest BCUT2D eigenvalue weighted by molar-refractivity contribution is -0.137. The van der Waals surface area contributed by atoms with Crippen LogP contribution in [0.25, 0.3) is 11.3 Å². The molecular formula is C22H25N3O2. The number of hydrogen-bond acceptors (Lipinski definition) is 3. The quantitative estimate of drug-likeness (QED) is 0.661. The Kier molecular flexibility index (Phi) is 6.04. The number of aliphatic carboxylic acids is 1. The number of rotatable bonds is 8. The van der Waals surface area contributed by atoms with E-state index >= 15 is 0 Å². The summed E-state index contributed by atoms with van der Waals surface area (Å²) in [5.74, 6) is -0.777. The van der Waals surface area contributed by atoms with Crippen LogP contribution in [0, 0.1) is 6.92 Å². The molecule has 0 fully saturated rings. The highest BCUT2D eigenvalue weighted by molar-refractivity contribution is 5.67. The van der Waals surface area contributed by atoms with Crippen LogP contribution in [0.15, 0.2) is 60.8 Å². The molecule has 1 aromatic heterocycles. The normalized spacial score (nSPS) is 11.1. The zero-order valence-corrected chi connectivity index (χ0v) is 15.8. The maximum absolute atomic E-state index is 10.8. The van der Waals surface area contributed by atoms with E-state index in [4.69, 9.17) is 10.2 Å². The summed E-state index contributed by atoms with van der Waals surface area (Å²) in [5, 5.41) is 13.7. The number of carbonyl (C=O) groups is 1. The van der Waals surface area contributed by atoms with Crippen molar-refractivity contribution in [3.8, 4) is 11.3 Å². The van der Waals surface area contributed by atoms with Crippen LogP contribution < -0.4 is 0 Å². The minimum Gasteiger partial charge on any atom is -0.481 e. The molecular weight excluding hydrogens is 338 g/mol. The van der Waals surface area contributed by atoms with Crippen molar-refractivity contribution < 1.29 is 9.90 Å². The summed E-state index contributed by atoms with van der Waals surface area (Å²) in [5.41, 5.74) is 5.54. The van der Waals surface area contributed by atoms with Crippen molar-refractivity contribution in [2.75, 3.05) is 13.6 Å². The van der Waals surface area contributed by atoms with E-state index in [0.717, 1.165) is 16.8 Å². The van der Waals surface area contributed by atoms with Crippen molar-refractivity contribution in [1.82, 2.24) is 14.7 Å². The minimum atomic E-state index is -0.777. The third-order valence-corrected chi connectivity index (χ3v) is 4.50. The molecule has 0 amide bonds. The Hall–Kier alpha value is -2.92. The van der Waals surface area contributed by atoms with Crippen LogP contribution in [0.1, 0.15) is 23.1 Å².